The maximum Gasteiger partial charge on any atom is 0.207 e. The second-order valence-electron chi connectivity index (χ2n) is 1.60. The Morgan fingerprint density at radius 3 is 1.83 bits per heavy atom. The van der Waals surface area contributed by atoms with Gasteiger partial charge < -0.3 is 4.74 Å². The monoisotopic (exact) mass is 268 g/mol. The molecule has 0 aromatic rings. The molecule has 0 atom stereocenters. The van der Waals surface area contributed by atoms with Crippen molar-refractivity contribution in [3.63, 3.8) is 0 Å². The molecule has 1 nitrogen and oxygen atoms in total. The first-order chi connectivity index (χ1) is 5.50. The van der Waals surface area contributed by atoms with Crippen molar-refractivity contribution in [2.24, 2.45) is 0 Å². The summed E-state index contributed by atoms with van der Waals surface area (Å²) in [6.07, 6.45) is 0. The highest BCUT2D eigenvalue weighted by Crippen LogP contribution is 2.31. The van der Waals surface area contributed by atoms with E-state index in [-0.39, 0.29) is 19.8 Å². The molecule has 0 saturated carbocycles. The van der Waals surface area contributed by atoms with E-state index >= 15 is 0 Å². The summed E-state index contributed by atoms with van der Waals surface area (Å²) in [5.74, 6) is 0. The lowest BCUT2D eigenvalue weighted by atomic mass is 10.6. The minimum atomic E-state index is -0.153. The Morgan fingerprint density at radius 2 is 1.50 bits per heavy atom. The molecule has 6 heteroatoms. The molecule has 0 heterocycles. The van der Waals surface area contributed by atoms with E-state index in [1.54, 1.807) is 6.92 Å². The van der Waals surface area contributed by atoms with Crippen LogP contribution in [0.25, 0.3) is 0 Å². The first-order valence-electron chi connectivity index (χ1n) is 2.89. The molecule has 0 fully saturated rings. The number of allylic oxidation sites excluding steroid dienone is 2. The first kappa shape index (κ1) is 12.7. The number of hydrogen-bond acceptors (Lipinski definition) is 1. The Bertz CT molecular complexity index is 216. The number of hydrogen-bond donors (Lipinski definition) is 0. The van der Waals surface area contributed by atoms with Gasteiger partial charge in [0, 0.05) is 0 Å². The molecule has 0 saturated heterocycles. The fraction of sp³-hybridized carbons (Fsp3) is 0.333. The summed E-state index contributed by atoms with van der Waals surface area (Å²) < 4.78 is 4.70. The van der Waals surface area contributed by atoms with Crippen LogP contribution >= 0.6 is 58.0 Å². The summed E-state index contributed by atoms with van der Waals surface area (Å²) in [5, 5.41) is -0.0541. The molecule has 70 valence electrons. The lowest BCUT2D eigenvalue weighted by Crippen LogP contribution is -1.87. The molecule has 0 radical (unpaired) electrons. The quantitative estimate of drug-likeness (QED) is 0.540. The average molecular weight is 270 g/mol. The van der Waals surface area contributed by atoms with E-state index in [4.69, 9.17) is 62.7 Å². The largest absolute Gasteiger partial charge is 0.482 e. The van der Waals surface area contributed by atoms with E-state index in [1.165, 1.54) is 0 Å². The van der Waals surface area contributed by atoms with Gasteiger partial charge in [-0.15, -0.1) is 0 Å². The Hall–Kier alpha value is 0.730. The van der Waals surface area contributed by atoms with Crippen LogP contribution in [0.4, 0.5) is 0 Å². The molecule has 0 rings (SSSR count). The Balaban J connectivity index is 4.67. The van der Waals surface area contributed by atoms with Crippen LogP contribution < -0.4 is 0 Å². The third kappa shape index (κ3) is 4.11. The maximum absolute atomic E-state index is 5.62. The molecule has 0 aromatic heterocycles. The van der Waals surface area contributed by atoms with Crippen molar-refractivity contribution in [1.82, 2.24) is 0 Å². The number of rotatable bonds is 3. The lowest BCUT2D eigenvalue weighted by Gasteiger charge is -2.03. The summed E-state index contributed by atoms with van der Waals surface area (Å²) >= 11 is 27.4. The van der Waals surface area contributed by atoms with Crippen molar-refractivity contribution in [1.29, 1.82) is 0 Å². The Labute approximate surface area is 95.8 Å². The van der Waals surface area contributed by atoms with Gasteiger partial charge in [-0.25, -0.2) is 0 Å². The summed E-state index contributed by atoms with van der Waals surface area (Å²) in [7, 11) is 0. The van der Waals surface area contributed by atoms with Crippen molar-refractivity contribution < 1.29 is 4.74 Å². The standard InChI is InChI=1S/C6H5Cl5O/c1-2-12-6(11)4(8)3(7)5(9)10/h2H2,1H3/b6-4-. The van der Waals surface area contributed by atoms with Gasteiger partial charge in [0.2, 0.25) is 5.22 Å². The highest BCUT2D eigenvalue weighted by molar-refractivity contribution is 6.62. The molecule has 12 heavy (non-hydrogen) atoms. The van der Waals surface area contributed by atoms with E-state index in [9.17, 15) is 0 Å². The zero-order chi connectivity index (χ0) is 9.72. The van der Waals surface area contributed by atoms with Crippen molar-refractivity contribution in [2.75, 3.05) is 6.61 Å². The Kier molecular flexibility index (Phi) is 6.60. The second kappa shape index (κ2) is 6.22. The van der Waals surface area contributed by atoms with Crippen LogP contribution in [0, 0.1) is 0 Å². The zero-order valence-electron chi connectivity index (χ0n) is 6.01. The molecule has 0 N–H and O–H groups in total. The van der Waals surface area contributed by atoms with Crippen LogP contribution in [0.3, 0.4) is 0 Å². The third-order valence-electron chi connectivity index (χ3n) is 0.802. The molecule has 0 spiro atoms. The molecule has 0 bridgehead atoms. The van der Waals surface area contributed by atoms with Crippen LogP contribution in [-0.4, -0.2) is 6.61 Å². The highest BCUT2D eigenvalue weighted by atomic mass is 35.5. The van der Waals surface area contributed by atoms with Crippen LogP contribution in [-0.2, 0) is 4.74 Å². The van der Waals surface area contributed by atoms with Gasteiger partial charge in [-0.1, -0.05) is 46.4 Å². The molecule has 0 amide bonds. The van der Waals surface area contributed by atoms with E-state index in [1.807, 2.05) is 0 Å². The molecule has 0 unspecified atom stereocenters. The molecule has 0 aliphatic heterocycles. The van der Waals surface area contributed by atoms with Gasteiger partial charge in [0.15, 0.2) is 0 Å². The predicted octanol–water partition coefficient (Wildman–Crippen LogP) is 4.56. The zero-order valence-corrected chi connectivity index (χ0v) is 9.78. The molecular formula is C6H5Cl5O. The van der Waals surface area contributed by atoms with Gasteiger partial charge in [-0.05, 0) is 18.5 Å². The molecular weight excluding hydrogens is 265 g/mol. The predicted molar refractivity (Wildman–Crippen MR) is 54.9 cm³/mol. The third-order valence-corrected chi connectivity index (χ3v) is 2.60. The van der Waals surface area contributed by atoms with Gasteiger partial charge >= 0.3 is 0 Å². The topological polar surface area (TPSA) is 9.23 Å². The van der Waals surface area contributed by atoms with Crippen LogP contribution in [0.5, 0.6) is 0 Å². The number of ether oxygens (including phenoxy) is 1. The van der Waals surface area contributed by atoms with E-state index in [0.717, 1.165) is 0 Å². The summed E-state index contributed by atoms with van der Waals surface area (Å²) in [6, 6.07) is 0. The van der Waals surface area contributed by atoms with Crippen LogP contribution in [0.2, 0.25) is 0 Å². The smallest absolute Gasteiger partial charge is 0.207 e. The van der Waals surface area contributed by atoms with Crippen molar-refractivity contribution >= 4 is 58.0 Å². The van der Waals surface area contributed by atoms with Gasteiger partial charge in [0.25, 0.3) is 0 Å². The van der Waals surface area contributed by atoms with E-state index < -0.39 is 0 Å². The second-order valence-corrected chi connectivity index (χ2v) is 3.64. The van der Waals surface area contributed by atoms with Gasteiger partial charge in [0.05, 0.1) is 11.6 Å². The Morgan fingerprint density at radius 1 is 1.00 bits per heavy atom. The fourth-order valence-electron chi connectivity index (χ4n) is 0.359. The minimum Gasteiger partial charge on any atom is -0.482 e. The lowest BCUT2D eigenvalue weighted by molar-refractivity contribution is 0.254. The van der Waals surface area contributed by atoms with Crippen molar-refractivity contribution in [2.45, 2.75) is 6.92 Å². The molecule has 0 aliphatic rings. The van der Waals surface area contributed by atoms with Crippen molar-refractivity contribution in [3.05, 3.63) is 19.8 Å². The molecule has 0 aromatic carbocycles. The first-order valence-corrected chi connectivity index (χ1v) is 4.78. The normalized spacial score (nSPS) is 12.2. The fourth-order valence-corrected chi connectivity index (χ4v) is 1.13. The van der Waals surface area contributed by atoms with Crippen LogP contribution in [0.1, 0.15) is 6.92 Å². The molecule has 0 aliphatic carbocycles. The van der Waals surface area contributed by atoms with Gasteiger partial charge in [-0.2, -0.15) is 0 Å². The number of halogens is 5. The van der Waals surface area contributed by atoms with Gasteiger partial charge in [0.1, 0.15) is 9.52 Å². The summed E-state index contributed by atoms with van der Waals surface area (Å²) in [6.45, 7) is 2.14. The van der Waals surface area contributed by atoms with E-state index in [2.05, 4.69) is 0 Å². The highest BCUT2D eigenvalue weighted by Gasteiger charge is 2.10. The SMILES string of the molecule is CCO/C(Cl)=C(\Cl)C(Cl)=C(Cl)Cl. The minimum absolute atomic E-state index is 0.000170. The summed E-state index contributed by atoms with van der Waals surface area (Å²) in [5.41, 5.74) is 0. The summed E-state index contributed by atoms with van der Waals surface area (Å²) in [4.78, 5) is 0. The van der Waals surface area contributed by atoms with E-state index in [0.29, 0.717) is 6.61 Å². The maximum atomic E-state index is 5.62. The van der Waals surface area contributed by atoms with Crippen LogP contribution in [0.15, 0.2) is 19.8 Å². The average Bonchev–Trinajstić information content (AvgIpc) is 2.02. The van der Waals surface area contributed by atoms with Crippen molar-refractivity contribution in [3.8, 4) is 0 Å². The van der Waals surface area contributed by atoms with Gasteiger partial charge in [-0.3, -0.25) is 0 Å².